The molecule has 1 heterocycles. The second kappa shape index (κ2) is 1.54. The van der Waals surface area contributed by atoms with Crippen LogP contribution in [-0.4, -0.2) is 33.9 Å². The highest BCUT2D eigenvalue weighted by Crippen LogP contribution is 2.00. The lowest BCUT2D eigenvalue weighted by atomic mass is 10.4. The van der Waals surface area contributed by atoms with Gasteiger partial charge in [-0.05, 0) is 0 Å². The lowest BCUT2D eigenvalue weighted by Gasteiger charge is -1.78. The molecule has 0 saturated carbocycles. The van der Waals surface area contributed by atoms with Crippen LogP contribution in [0, 0.1) is 0 Å². The van der Waals surface area contributed by atoms with Crippen molar-refractivity contribution < 1.29 is 19.3 Å². The third-order valence-electron chi connectivity index (χ3n) is 1.02. The van der Waals surface area contributed by atoms with Crippen molar-refractivity contribution in [2.24, 2.45) is 5.73 Å². The van der Waals surface area contributed by atoms with Crippen LogP contribution in [0.3, 0.4) is 0 Å². The van der Waals surface area contributed by atoms with Crippen LogP contribution >= 0.6 is 0 Å². The standard InChI is InChI=1S/C4H4N2O3/c5-3(7)2-1-6(2)4(8)9/h1-2H,(H2-,5,7,8,9)/p+1. The molecule has 0 fully saturated rings. The number of amides is 2. The molecule has 1 aliphatic rings. The third kappa shape index (κ3) is 0.883. The normalized spacial score (nSPS) is 22.7. The van der Waals surface area contributed by atoms with Gasteiger partial charge in [-0.25, -0.2) is 0 Å². The van der Waals surface area contributed by atoms with E-state index >= 15 is 0 Å². The molecule has 0 spiro atoms. The molecule has 2 amide bonds. The second-order valence-electron chi connectivity index (χ2n) is 1.69. The molecule has 5 nitrogen and oxygen atoms in total. The molecule has 3 N–H and O–H groups in total. The van der Waals surface area contributed by atoms with E-state index in [4.69, 9.17) is 10.8 Å². The zero-order valence-corrected chi connectivity index (χ0v) is 4.44. The van der Waals surface area contributed by atoms with Crippen molar-refractivity contribution in [3.05, 3.63) is 0 Å². The van der Waals surface area contributed by atoms with Crippen molar-refractivity contribution in [2.75, 3.05) is 0 Å². The first-order chi connectivity index (χ1) is 4.13. The summed E-state index contributed by atoms with van der Waals surface area (Å²) in [6.07, 6.45) is 0.101. The summed E-state index contributed by atoms with van der Waals surface area (Å²) in [5.41, 5.74) is 4.75. The molecular weight excluding hydrogens is 124 g/mol. The number of hydrogen-bond acceptors (Lipinski definition) is 2. The molecule has 1 atom stereocenters. The Morgan fingerprint density at radius 2 is 2.22 bits per heavy atom. The van der Waals surface area contributed by atoms with Gasteiger partial charge in [-0.2, -0.15) is 4.79 Å². The molecule has 5 heteroatoms. The Labute approximate surface area is 50.4 Å². The second-order valence-corrected chi connectivity index (χ2v) is 1.69. The van der Waals surface area contributed by atoms with Gasteiger partial charge < -0.3 is 10.8 Å². The maximum atomic E-state index is 10.2. The van der Waals surface area contributed by atoms with Crippen LogP contribution in [-0.2, 0) is 4.79 Å². The Morgan fingerprint density at radius 1 is 1.67 bits per heavy atom. The first-order valence-electron chi connectivity index (χ1n) is 2.28. The zero-order valence-electron chi connectivity index (χ0n) is 4.44. The van der Waals surface area contributed by atoms with Gasteiger partial charge in [0.1, 0.15) is 0 Å². The van der Waals surface area contributed by atoms with Crippen molar-refractivity contribution in [3.63, 3.8) is 0 Å². The van der Waals surface area contributed by atoms with E-state index in [1.54, 1.807) is 0 Å². The van der Waals surface area contributed by atoms with E-state index in [0.29, 0.717) is 0 Å². The van der Waals surface area contributed by atoms with Crippen molar-refractivity contribution in [2.45, 2.75) is 6.04 Å². The van der Waals surface area contributed by atoms with E-state index in [0.717, 1.165) is 4.58 Å². The van der Waals surface area contributed by atoms with Crippen LogP contribution < -0.4 is 5.73 Å². The Morgan fingerprint density at radius 3 is 2.33 bits per heavy atom. The largest absolute Gasteiger partial charge is 0.595 e. The molecule has 0 bridgehead atoms. The van der Waals surface area contributed by atoms with E-state index in [-0.39, 0.29) is 0 Å². The summed E-state index contributed by atoms with van der Waals surface area (Å²) >= 11 is 0. The summed E-state index contributed by atoms with van der Waals surface area (Å²) in [6, 6.07) is -0.692. The molecule has 9 heavy (non-hydrogen) atoms. The van der Waals surface area contributed by atoms with Crippen LogP contribution in [0.5, 0.6) is 0 Å². The van der Waals surface area contributed by atoms with Crippen LogP contribution in [0.15, 0.2) is 0 Å². The van der Waals surface area contributed by atoms with E-state index in [1.807, 2.05) is 0 Å². The molecule has 1 aliphatic heterocycles. The summed E-state index contributed by atoms with van der Waals surface area (Å²) in [7, 11) is 0. The fourth-order valence-electron chi connectivity index (χ4n) is 0.507. The number of nitrogens with zero attached hydrogens (tertiary/aromatic N) is 1. The summed E-state index contributed by atoms with van der Waals surface area (Å²) < 4.78 is 0.850. The maximum Gasteiger partial charge on any atom is 0.595 e. The number of rotatable bonds is 1. The first-order valence-corrected chi connectivity index (χ1v) is 2.28. The average Bonchev–Trinajstić information content (AvgIpc) is 2.39. The van der Waals surface area contributed by atoms with Gasteiger partial charge in [-0.1, -0.05) is 0 Å². The van der Waals surface area contributed by atoms with E-state index in [1.165, 1.54) is 6.21 Å². The zero-order chi connectivity index (χ0) is 7.02. The van der Waals surface area contributed by atoms with Crippen LogP contribution in [0.2, 0.25) is 0 Å². The van der Waals surface area contributed by atoms with E-state index in [2.05, 4.69) is 0 Å². The minimum Gasteiger partial charge on any atom is -0.427 e. The van der Waals surface area contributed by atoms with Gasteiger partial charge in [-0.3, -0.25) is 4.79 Å². The molecule has 0 saturated heterocycles. The number of primary amides is 1. The van der Waals surface area contributed by atoms with E-state index in [9.17, 15) is 9.59 Å². The molecule has 1 rings (SSSR count). The highest BCUT2D eigenvalue weighted by Gasteiger charge is 2.47. The number of carbonyl (C=O) groups excluding carboxylic acids is 1. The van der Waals surface area contributed by atoms with Gasteiger partial charge in [0, 0.05) is 0 Å². The van der Waals surface area contributed by atoms with Gasteiger partial charge in [0.05, 0.1) is 0 Å². The Bertz CT molecular complexity index is 208. The van der Waals surface area contributed by atoms with Gasteiger partial charge in [0.25, 0.3) is 5.91 Å². The number of nitrogens with two attached hydrogens (primary N) is 1. The van der Waals surface area contributed by atoms with Crippen LogP contribution in [0.4, 0.5) is 4.79 Å². The molecule has 0 aromatic carbocycles. The Balaban J connectivity index is 2.49. The Hall–Kier alpha value is -1.39. The van der Waals surface area contributed by atoms with Crippen LogP contribution in [0.25, 0.3) is 0 Å². The smallest absolute Gasteiger partial charge is 0.427 e. The SMILES string of the molecule is NC(=O)C1C=[N+]1C(=O)O. The quantitative estimate of drug-likeness (QED) is 0.428. The minimum atomic E-state index is -1.14. The summed E-state index contributed by atoms with van der Waals surface area (Å²) in [6.45, 7) is 0. The van der Waals surface area contributed by atoms with Gasteiger partial charge in [0.2, 0.25) is 6.21 Å². The number of hydrogen-bond donors (Lipinski definition) is 2. The summed E-state index contributed by atoms with van der Waals surface area (Å²) in [4.78, 5) is 20.1. The van der Waals surface area contributed by atoms with Crippen molar-refractivity contribution >= 4 is 18.2 Å². The lowest BCUT2D eigenvalue weighted by molar-refractivity contribution is -0.374. The Kier molecular flexibility index (Phi) is 0.985. The molecule has 1 unspecified atom stereocenters. The summed E-state index contributed by atoms with van der Waals surface area (Å²) in [5, 5.41) is 8.16. The van der Waals surface area contributed by atoms with Crippen molar-refractivity contribution in [1.29, 1.82) is 0 Å². The fraction of sp³-hybridized carbons (Fsp3) is 0.250. The van der Waals surface area contributed by atoms with Gasteiger partial charge in [-0.15, -0.1) is 4.58 Å². The van der Waals surface area contributed by atoms with Crippen molar-refractivity contribution in [3.8, 4) is 0 Å². The van der Waals surface area contributed by atoms with Gasteiger partial charge >= 0.3 is 12.1 Å². The molecule has 0 aliphatic carbocycles. The minimum absolute atomic E-state index is 0.627. The molecule has 0 radical (unpaired) electrons. The van der Waals surface area contributed by atoms with Crippen LogP contribution in [0.1, 0.15) is 0 Å². The summed E-state index contributed by atoms with van der Waals surface area (Å²) in [5.74, 6) is -0.627. The third-order valence-corrected chi connectivity index (χ3v) is 1.02. The maximum absolute atomic E-state index is 10.2. The highest BCUT2D eigenvalue weighted by molar-refractivity contribution is 6.01. The average molecular weight is 129 g/mol. The lowest BCUT2D eigenvalue weighted by Crippen LogP contribution is -2.25. The van der Waals surface area contributed by atoms with Gasteiger partial charge in [0.15, 0.2) is 0 Å². The topological polar surface area (TPSA) is 83.4 Å². The molecule has 0 aromatic heterocycles. The number of carboxylic acid groups (broad SMARTS) is 1. The highest BCUT2D eigenvalue weighted by atomic mass is 16.4. The van der Waals surface area contributed by atoms with E-state index < -0.39 is 18.0 Å². The fourth-order valence-corrected chi connectivity index (χ4v) is 0.507. The molecule has 48 valence electrons. The molecule has 0 aromatic rings. The first kappa shape index (κ1) is 5.74. The van der Waals surface area contributed by atoms with Crippen molar-refractivity contribution in [1.82, 2.24) is 0 Å². The molecular formula is C4H5N2O3+. The monoisotopic (exact) mass is 129 g/mol. The predicted molar refractivity (Wildman–Crippen MR) is 27.3 cm³/mol. The predicted octanol–water partition coefficient (Wildman–Crippen LogP) is -1.38. The number of carbonyl (C=O) groups is 2.